The standard InChI is InChI=1S/C24H40O3/c1-16(25)10-14-27-21-8-7-19-18-6-5-17-15-22(2,26)12-13-23(17,3)20(18)9-11-24(19,21)4/h17-21,26H,5-15H2,1-4H3/t17-,18?,19?,20?,21-,22-,23-,24-/m0/s1. The Morgan fingerprint density at radius 1 is 0.963 bits per heavy atom. The Bertz CT molecular complexity index is 584. The van der Waals surface area contributed by atoms with E-state index in [1.807, 2.05) is 0 Å². The molecule has 0 aromatic carbocycles. The molecule has 4 fully saturated rings. The summed E-state index contributed by atoms with van der Waals surface area (Å²) in [5.74, 6) is 3.41. The molecule has 0 aromatic rings. The molecule has 3 nitrogen and oxygen atoms in total. The van der Waals surface area contributed by atoms with E-state index in [0.717, 1.165) is 30.6 Å². The first kappa shape index (κ1) is 19.9. The van der Waals surface area contributed by atoms with Crippen LogP contribution in [0.1, 0.15) is 91.9 Å². The fourth-order valence-electron chi connectivity index (χ4n) is 8.00. The number of rotatable bonds is 4. The van der Waals surface area contributed by atoms with Gasteiger partial charge in [0.2, 0.25) is 0 Å². The SMILES string of the molecule is CC(=O)CCO[C@H]1CCC2C3CC[C@H]4C[C@@](C)(O)CC[C@]4(C)C3CC[C@@]21C. The van der Waals surface area contributed by atoms with Gasteiger partial charge in [-0.3, -0.25) is 4.79 Å². The Kier molecular flexibility index (Phi) is 5.03. The molecule has 4 aliphatic rings. The van der Waals surface area contributed by atoms with Gasteiger partial charge >= 0.3 is 0 Å². The second-order valence-electron chi connectivity index (χ2n) is 11.3. The number of Topliss-reactive ketones (excluding diaryl/α,β-unsaturated/α-hetero) is 1. The van der Waals surface area contributed by atoms with Gasteiger partial charge in [0, 0.05) is 6.42 Å². The molecular weight excluding hydrogens is 336 g/mol. The van der Waals surface area contributed by atoms with E-state index in [9.17, 15) is 9.90 Å². The smallest absolute Gasteiger partial charge is 0.132 e. The number of carbonyl (C=O) groups excluding carboxylic acids is 1. The van der Waals surface area contributed by atoms with E-state index in [1.54, 1.807) is 6.92 Å². The normalized spacial score (nSPS) is 52.0. The molecule has 0 aliphatic heterocycles. The highest BCUT2D eigenvalue weighted by atomic mass is 16.5. The molecule has 0 aromatic heterocycles. The lowest BCUT2D eigenvalue weighted by Crippen LogP contribution is -2.56. The molecule has 4 aliphatic carbocycles. The monoisotopic (exact) mass is 376 g/mol. The summed E-state index contributed by atoms with van der Waals surface area (Å²) in [5, 5.41) is 10.6. The fraction of sp³-hybridized carbons (Fsp3) is 0.958. The molecule has 8 atom stereocenters. The Balaban J connectivity index is 1.48. The summed E-state index contributed by atoms with van der Waals surface area (Å²) in [6, 6.07) is 0. The summed E-state index contributed by atoms with van der Waals surface area (Å²) in [5.41, 5.74) is 0.296. The van der Waals surface area contributed by atoms with Crippen molar-refractivity contribution in [2.24, 2.45) is 34.5 Å². The Hall–Kier alpha value is -0.410. The van der Waals surface area contributed by atoms with E-state index < -0.39 is 5.60 Å². The van der Waals surface area contributed by atoms with Gasteiger partial charge in [-0.15, -0.1) is 0 Å². The predicted molar refractivity (Wildman–Crippen MR) is 107 cm³/mol. The van der Waals surface area contributed by atoms with Crippen LogP contribution in [-0.2, 0) is 9.53 Å². The molecule has 154 valence electrons. The molecule has 1 N–H and O–H groups in total. The van der Waals surface area contributed by atoms with Gasteiger partial charge in [0.05, 0.1) is 18.3 Å². The Morgan fingerprint density at radius 3 is 2.44 bits per heavy atom. The van der Waals surface area contributed by atoms with Crippen molar-refractivity contribution in [2.75, 3.05) is 6.61 Å². The van der Waals surface area contributed by atoms with Crippen molar-refractivity contribution >= 4 is 5.78 Å². The summed E-state index contributed by atoms with van der Waals surface area (Å²) >= 11 is 0. The molecule has 4 saturated carbocycles. The zero-order valence-electron chi connectivity index (χ0n) is 17.9. The molecule has 0 amide bonds. The maximum absolute atomic E-state index is 11.3. The second-order valence-corrected chi connectivity index (χ2v) is 11.3. The highest BCUT2D eigenvalue weighted by Gasteiger charge is 2.61. The van der Waals surface area contributed by atoms with Crippen molar-refractivity contribution in [3.05, 3.63) is 0 Å². The van der Waals surface area contributed by atoms with Crippen molar-refractivity contribution in [3.63, 3.8) is 0 Å². The molecule has 3 heteroatoms. The summed E-state index contributed by atoms with van der Waals surface area (Å²) in [4.78, 5) is 11.3. The fourth-order valence-corrected chi connectivity index (χ4v) is 8.00. The van der Waals surface area contributed by atoms with E-state index in [0.29, 0.717) is 35.9 Å². The summed E-state index contributed by atoms with van der Waals surface area (Å²) in [7, 11) is 0. The Morgan fingerprint density at radius 2 is 1.70 bits per heavy atom. The topological polar surface area (TPSA) is 46.5 Å². The molecule has 0 spiro atoms. The van der Waals surface area contributed by atoms with Crippen LogP contribution in [0.25, 0.3) is 0 Å². The van der Waals surface area contributed by atoms with Gasteiger partial charge in [0.1, 0.15) is 5.78 Å². The van der Waals surface area contributed by atoms with Crippen molar-refractivity contribution in [1.29, 1.82) is 0 Å². The van der Waals surface area contributed by atoms with Crippen LogP contribution in [0.2, 0.25) is 0 Å². The summed E-state index contributed by atoms with van der Waals surface area (Å²) in [6.45, 7) is 9.36. The molecule has 0 saturated heterocycles. The third-order valence-electron chi connectivity index (χ3n) is 9.64. The zero-order chi connectivity index (χ0) is 19.4. The minimum atomic E-state index is -0.441. The lowest BCUT2D eigenvalue weighted by molar-refractivity contribution is -0.156. The third-order valence-corrected chi connectivity index (χ3v) is 9.64. The quantitative estimate of drug-likeness (QED) is 0.738. The predicted octanol–water partition coefficient (Wildman–Crippen LogP) is 5.14. The number of carbonyl (C=O) groups is 1. The van der Waals surface area contributed by atoms with Crippen LogP contribution in [0.4, 0.5) is 0 Å². The van der Waals surface area contributed by atoms with Crippen molar-refractivity contribution in [1.82, 2.24) is 0 Å². The van der Waals surface area contributed by atoms with E-state index in [1.165, 1.54) is 44.9 Å². The van der Waals surface area contributed by atoms with Gasteiger partial charge in [0.15, 0.2) is 0 Å². The number of fused-ring (bicyclic) bond motifs is 5. The van der Waals surface area contributed by atoms with Gasteiger partial charge in [0.25, 0.3) is 0 Å². The highest BCUT2D eigenvalue weighted by molar-refractivity contribution is 5.75. The maximum atomic E-state index is 11.3. The molecule has 0 radical (unpaired) electrons. The summed E-state index contributed by atoms with van der Waals surface area (Å²) < 4.78 is 6.27. The zero-order valence-corrected chi connectivity index (χ0v) is 17.9. The highest BCUT2D eigenvalue weighted by Crippen LogP contribution is 2.67. The average Bonchev–Trinajstić information content (AvgIpc) is 2.92. The minimum absolute atomic E-state index is 0.234. The van der Waals surface area contributed by atoms with Crippen LogP contribution in [0.15, 0.2) is 0 Å². The van der Waals surface area contributed by atoms with Gasteiger partial charge in [-0.2, -0.15) is 0 Å². The van der Waals surface area contributed by atoms with Gasteiger partial charge in [-0.1, -0.05) is 13.8 Å². The average molecular weight is 377 g/mol. The second kappa shape index (κ2) is 6.83. The van der Waals surface area contributed by atoms with Crippen LogP contribution in [0, 0.1) is 34.5 Å². The summed E-state index contributed by atoms with van der Waals surface area (Å²) in [6.07, 6.45) is 11.8. The first-order valence-corrected chi connectivity index (χ1v) is 11.5. The van der Waals surface area contributed by atoms with Gasteiger partial charge < -0.3 is 9.84 Å². The van der Waals surface area contributed by atoms with Crippen LogP contribution in [0.5, 0.6) is 0 Å². The van der Waals surface area contributed by atoms with Crippen molar-refractivity contribution in [3.8, 4) is 0 Å². The van der Waals surface area contributed by atoms with Crippen LogP contribution in [-0.4, -0.2) is 29.2 Å². The number of hydrogen-bond donors (Lipinski definition) is 1. The number of ether oxygens (including phenoxy) is 1. The first-order valence-electron chi connectivity index (χ1n) is 11.5. The number of hydrogen-bond acceptors (Lipinski definition) is 3. The molecule has 3 unspecified atom stereocenters. The maximum Gasteiger partial charge on any atom is 0.132 e. The molecule has 0 heterocycles. The third kappa shape index (κ3) is 3.31. The van der Waals surface area contributed by atoms with Crippen LogP contribution >= 0.6 is 0 Å². The van der Waals surface area contributed by atoms with Crippen molar-refractivity contribution < 1.29 is 14.6 Å². The van der Waals surface area contributed by atoms with E-state index in [4.69, 9.17) is 4.74 Å². The van der Waals surface area contributed by atoms with E-state index >= 15 is 0 Å². The largest absolute Gasteiger partial charge is 0.390 e. The molecule has 0 bridgehead atoms. The van der Waals surface area contributed by atoms with Crippen LogP contribution < -0.4 is 0 Å². The molecule has 4 rings (SSSR count). The van der Waals surface area contributed by atoms with E-state index in [-0.39, 0.29) is 5.78 Å². The van der Waals surface area contributed by atoms with E-state index in [2.05, 4.69) is 20.8 Å². The first-order chi connectivity index (χ1) is 12.7. The van der Waals surface area contributed by atoms with Crippen molar-refractivity contribution in [2.45, 2.75) is 104 Å². The van der Waals surface area contributed by atoms with Gasteiger partial charge in [-0.05, 0) is 106 Å². The lowest BCUT2D eigenvalue weighted by Gasteiger charge is -2.61. The van der Waals surface area contributed by atoms with Crippen LogP contribution in [0.3, 0.4) is 0 Å². The number of aliphatic hydroxyl groups is 1. The molecule has 27 heavy (non-hydrogen) atoms. The number of ketones is 1. The Labute approximate surface area is 165 Å². The molecular formula is C24H40O3. The van der Waals surface area contributed by atoms with Gasteiger partial charge in [-0.25, -0.2) is 0 Å². The minimum Gasteiger partial charge on any atom is -0.390 e. The lowest BCUT2D eigenvalue weighted by atomic mass is 9.44.